The van der Waals surface area contributed by atoms with Crippen molar-refractivity contribution in [1.82, 2.24) is 9.88 Å². The zero-order valence-electron chi connectivity index (χ0n) is 13.3. The Bertz CT molecular complexity index is 754. The Morgan fingerprint density at radius 2 is 2.08 bits per heavy atom. The number of thiazole rings is 1. The number of aromatic nitrogens is 1. The van der Waals surface area contributed by atoms with Crippen LogP contribution in [0.15, 0.2) is 29.6 Å². The Balaban J connectivity index is 1.55. The van der Waals surface area contributed by atoms with Crippen LogP contribution >= 0.6 is 33.9 Å². The number of nitrogens with one attached hydrogen (secondary N) is 1. The van der Waals surface area contributed by atoms with Crippen molar-refractivity contribution >= 4 is 50.9 Å². The van der Waals surface area contributed by atoms with Crippen molar-refractivity contribution < 1.29 is 9.59 Å². The third kappa shape index (κ3) is 4.13. The minimum Gasteiger partial charge on any atom is -0.339 e. The molecule has 24 heavy (non-hydrogen) atoms. The van der Waals surface area contributed by atoms with Gasteiger partial charge in [0.2, 0.25) is 5.91 Å². The molecule has 3 rings (SSSR count). The van der Waals surface area contributed by atoms with Gasteiger partial charge in [0.25, 0.3) is 5.91 Å². The molecule has 2 aromatic rings. The number of aryl methyl sites for hydroxylation is 1. The predicted molar refractivity (Wildman–Crippen MR) is 103 cm³/mol. The summed E-state index contributed by atoms with van der Waals surface area (Å²) in [6.45, 7) is 3.12. The molecular weight excluding hydrogens is 437 g/mol. The number of amides is 2. The lowest BCUT2D eigenvalue weighted by Gasteiger charge is -2.31. The van der Waals surface area contributed by atoms with Crippen LogP contribution in [-0.4, -0.2) is 34.8 Å². The zero-order chi connectivity index (χ0) is 17.1. The molecule has 0 spiro atoms. The van der Waals surface area contributed by atoms with E-state index in [4.69, 9.17) is 0 Å². The minimum absolute atomic E-state index is 0.00529. The standard InChI is InChI=1S/C17H18IN3O2S/c1-11-10-24-17(19-11)20-15(22)12-5-7-21(8-6-12)16(23)13-3-2-4-14(18)9-13/h2-4,9-10,12H,5-8H2,1H3,(H,19,20,22). The van der Waals surface area contributed by atoms with Gasteiger partial charge in [-0.2, -0.15) is 0 Å². The third-order valence-corrected chi connectivity index (χ3v) is 5.62. The van der Waals surface area contributed by atoms with Gasteiger partial charge in [-0.25, -0.2) is 4.98 Å². The number of benzene rings is 1. The van der Waals surface area contributed by atoms with Crippen LogP contribution in [-0.2, 0) is 4.79 Å². The number of hydrogen-bond donors (Lipinski definition) is 1. The molecule has 7 heteroatoms. The summed E-state index contributed by atoms with van der Waals surface area (Å²) >= 11 is 3.64. The molecule has 1 saturated heterocycles. The van der Waals surface area contributed by atoms with Crippen molar-refractivity contribution in [2.24, 2.45) is 5.92 Å². The van der Waals surface area contributed by atoms with Crippen molar-refractivity contribution in [2.75, 3.05) is 18.4 Å². The molecule has 0 bridgehead atoms. The van der Waals surface area contributed by atoms with E-state index >= 15 is 0 Å². The average molecular weight is 455 g/mol. The van der Waals surface area contributed by atoms with E-state index in [2.05, 4.69) is 32.9 Å². The Morgan fingerprint density at radius 3 is 2.71 bits per heavy atom. The molecule has 2 amide bonds. The number of carbonyl (C=O) groups is 2. The molecule has 1 aliphatic rings. The van der Waals surface area contributed by atoms with Gasteiger partial charge in [0.1, 0.15) is 0 Å². The summed E-state index contributed by atoms with van der Waals surface area (Å²) in [6, 6.07) is 7.60. The highest BCUT2D eigenvalue weighted by Crippen LogP contribution is 2.22. The highest BCUT2D eigenvalue weighted by molar-refractivity contribution is 14.1. The fraction of sp³-hybridized carbons (Fsp3) is 0.353. The summed E-state index contributed by atoms with van der Waals surface area (Å²) in [6.07, 6.45) is 1.37. The smallest absolute Gasteiger partial charge is 0.253 e. The van der Waals surface area contributed by atoms with E-state index in [1.165, 1.54) is 11.3 Å². The molecule has 0 atom stereocenters. The maximum atomic E-state index is 12.5. The Hall–Kier alpha value is -1.48. The van der Waals surface area contributed by atoms with Crippen LogP contribution in [0.4, 0.5) is 5.13 Å². The van der Waals surface area contributed by atoms with Gasteiger partial charge in [0.05, 0.1) is 5.69 Å². The molecule has 5 nitrogen and oxygen atoms in total. The highest BCUT2D eigenvalue weighted by atomic mass is 127. The molecule has 1 N–H and O–H groups in total. The number of likely N-dealkylation sites (tertiary alicyclic amines) is 1. The fourth-order valence-corrected chi connectivity index (χ4v) is 4.00. The normalized spacial score (nSPS) is 15.3. The predicted octanol–water partition coefficient (Wildman–Crippen LogP) is 3.55. The minimum atomic E-state index is -0.0610. The average Bonchev–Trinajstić information content (AvgIpc) is 2.99. The van der Waals surface area contributed by atoms with Crippen molar-refractivity contribution in [2.45, 2.75) is 19.8 Å². The Morgan fingerprint density at radius 1 is 1.33 bits per heavy atom. The van der Waals surface area contributed by atoms with Crippen LogP contribution in [0, 0.1) is 16.4 Å². The second-order valence-corrected chi connectivity index (χ2v) is 7.96. The van der Waals surface area contributed by atoms with E-state index in [9.17, 15) is 9.59 Å². The van der Waals surface area contributed by atoms with Crippen molar-refractivity contribution in [3.63, 3.8) is 0 Å². The van der Waals surface area contributed by atoms with E-state index in [1.807, 2.05) is 41.5 Å². The van der Waals surface area contributed by atoms with Gasteiger partial charge in [-0.15, -0.1) is 11.3 Å². The van der Waals surface area contributed by atoms with Gasteiger partial charge in [0, 0.05) is 33.5 Å². The van der Waals surface area contributed by atoms with Crippen molar-refractivity contribution in [1.29, 1.82) is 0 Å². The Kier molecular flexibility index (Phi) is 5.50. The first kappa shape index (κ1) is 17.3. The van der Waals surface area contributed by atoms with Crippen LogP contribution < -0.4 is 5.32 Å². The zero-order valence-corrected chi connectivity index (χ0v) is 16.3. The number of rotatable bonds is 3. The van der Waals surface area contributed by atoms with Gasteiger partial charge in [-0.3, -0.25) is 9.59 Å². The summed E-state index contributed by atoms with van der Waals surface area (Å²) in [5, 5.41) is 5.44. The number of hydrogen-bond acceptors (Lipinski definition) is 4. The highest BCUT2D eigenvalue weighted by Gasteiger charge is 2.28. The Labute approximate surface area is 158 Å². The van der Waals surface area contributed by atoms with Crippen LogP contribution in [0.5, 0.6) is 0 Å². The summed E-state index contributed by atoms with van der Waals surface area (Å²) < 4.78 is 1.05. The summed E-state index contributed by atoms with van der Waals surface area (Å²) in [5.41, 5.74) is 1.62. The molecule has 0 saturated carbocycles. The molecular formula is C17H18IN3O2S. The van der Waals surface area contributed by atoms with Crippen molar-refractivity contribution in [3.8, 4) is 0 Å². The van der Waals surface area contributed by atoms with E-state index in [-0.39, 0.29) is 17.7 Å². The first-order chi connectivity index (χ1) is 11.5. The maximum Gasteiger partial charge on any atom is 0.253 e. The summed E-state index contributed by atoms with van der Waals surface area (Å²) in [5.74, 6) is -0.0113. The lowest BCUT2D eigenvalue weighted by atomic mass is 9.95. The van der Waals surface area contributed by atoms with E-state index in [1.54, 1.807) is 0 Å². The van der Waals surface area contributed by atoms with Crippen LogP contribution in [0.2, 0.25) is 0 Å². The molecule has 2 heterocycles. The van der Waals surface area contributed by atoms with Gasteiger partial charge in [0.15, 0.2) is 5.13 Å². The summed E-state index contributed by atoms with van der Waals surface area (Å²) in [7, 11) is 0. The molecule has 0 radical (unpaired) electrons. The van der Waals surface area contributed by atoms with E-state index < -0.39 is 0 Å². The van der Waals surface area contributed by atoms with Gasteiger partial charge >= 0.3 is 0 Å². The SMILES string of the molecule is Cc1csc(NC(=O)C2CCN(C(=O)c3cccc(I)c3)CC2)n1. The number of carbonyl (C=O) groups excluding carboxylic acids is 2. The van der Waals surface area contributed by atoms with Crippen LogP contribution in [0.1, 0.15) is 28.9 Å². The third-order valence-electron chi connectivity index (χ3n) is 4.07. The second kappa shape index (κ2) is 7.60. The van der Waals surface area contributed by atoms with Crippen molar-refractivity contribution in [3.05, 3.63) is 44.5 Å². The lowest BCUT2D eigenvalue weighted by molar-refractivity contribution is -0.121. The second-order valence-electron chi connectivity index (χ2n) is 5.86. The molecule has 1 aliphatic heterocycles. The topological polar surface area (TPSA) is 62.3 Å². The first-order valence-electron chi connectivity index (χ1n) is 7.81. The quantitative estimate of drug-likeness (QED) is 0.721. The van der Waals surface area contributed by atoms with Gasteiger partial charge in [-0.1, -0.05) is 6.07 Å². The lowest BCUT2D eigenvalue weighted by Crippen LogP contribution is -2.41. The number of nitrogens with zero attached hydrogens (tertiary/aromatic N) is 2. The fourth-order valence-electron chi connectivity index (χ4n) is 2.77. The number of halogens is 1. The molecule has 0 unspecified atom stereocenters. The molecule has 1 aromatic carbocycles. The molecule has 0 aliphatic carbocycles. The summed E-state index contributed by atoms with van der Waals surface area (Å²) in [4.78, 5) is 30.9. The number of anilines is 1. The first-order valence-corrected chi connectivity index (χ1v) is 9.76. The van der Waals surface area contributed by atoms with Crippen LogP contribution in [0.25, 0.3) is 0 Å². The van der Waals surface area contributed by atoms with Gasteiger partial charge in [-0.05, 0) is 60.6 Å². The maximum absolute atomic E-state index is 12.5. The van der Waals surface area contributed by atoms with Crippen LogP contribution in [0.3, 0.4) is 0 Å². The monoisotopic (exact) mass is 455 g/mol. The molecule has 1 fully saturated rings. The largest absolute Gasteiger partial charge is 0.339 e. The van der Waals surface area contributed by atoms with E-state index in [0.29, 0.717) is 36.6 Å². The molecule has 126 valence electrons. The van der Waals surface area contributed by atoms with E-state index in [0.717, 1.165) is 9.26 Å². The number of piperidine rings is 1. The molecule has 1 aromatic heterocycles. The van der Waals surface area contributed by atoms with Gasteiger partial charge < -0.3 is 10.2 Å².